The van der Waals surface area contributed by atoms with E-state index in [-0.39, 0.29) is 11.3 Å². The molecular weight excluding hydrogens is 358 g/mol. The molecule has 3 aromatic rings. The summed E-state index contributed by atoms with van der Waals surface area (Å²) in [4.78, 5) is 38.5. The lowest BCUT2D eigenvalue weighted by atomic mass is 10.1. The Hall–Kier alpha value is -3.93. The van der Waals surface area contributed by atoms with Gasteiger partial charge in [0.1, 0.15) is 12.3 Å². The molecule has 0 aromatic heterocycles. The highest BCUT2D eigenvalue weighted by atomic mass is 16.6. The van der Waals surface area contributed by atoms with E-state index in [0.717, 1.165) is 0 Å². The van der Waals surface area contributed by atoms with Crippen LogP contribution in [0.1, 0.15) is 20.7 Å². The zero-order valence-corrected chi connectivity index (χ0v) is 14.8. The van der Waals surface area contributed by atoms with Crippen LogP contribution in [0.5, 0.6) is 5.75 Å². The number of phenolic OH excluding ortho intramolecular Hbond substituents is 1. The van der Waals surface area contributed by atoms with Gasteiger partial charge < -0.3 is 9.84 Å². The standard InChI is InChI=1S/C22H17NO5/c24-19-13-11-18(12-14-19)23(21(26)16-7-3-1-4-8-16)15-20(25)28-22(27)17-9-5-2-6-10-17/h1-14,24H,15H2. The zero-order chi connectivity index (χ0) is 19.9. The van der Waals surface area contributed by atoms with E-state index in [0.29, 0.717) is 11.3 Å². The van der Waals surface area contributed by atoms with E-state index in [2.05, 4.69) is 0 Å². The van der Waals surface area contributed by atoms with Crippen molar-refractivity contribution < 1.29 is 24.2 Å². The summed E-state index contributed by atoms with van der Waals surface area (Å²) in [5, 5.41) is 9.48. The van der Waals surface area contributed by atoms with Crippen LogP contribution in [0.4, 0.5) is 5.69 Å². The second-order valence-electron chi connectivity index (χ2n) is 5.90. The van der Waals surface area contributed by atoms with E-state index in [9.17, 15) is 19.5 Å². The quantitative estimate of drug-likeness (QED) is 0.546. The molecule has 6 nitrogen and oxygen atoms in total. The molecule has 1 N–H and O–H groups in total. The fourth-order valence-electron chi connectivity index (χ4n) is 2.55. The number of benzene rings is 3. The van der Waals surface area contributed by atoms with Gasteiger partial charge in [-0.3, -0.25) is 9.69 Å². The molecule has 0 aliphatic rings. The number of rotatable bonds is 5. The molecule has 0 spiro atoms. The van der Waals surface area contributed by atoms with Crippen molar-refractivity contribution in [3.05, 3.63) is 96.1 Å². The predicted octanol–water partition coefficient (Wildman–Crippen LogP) is 3.42. The van der Waals surface area contributed by atoms with Crippen LogP contribution >= 0.6 is 0 Å². The Bertz CT molecular complexity index is 969. The van der Waals surface area contributed by atoms with E-state index in [1.807, 2.05) is 0 Å². The van der Waals surface area contributed by atoms with Gasteiger partial charge in [0, 0.05) is 11.3 Å². The van der Waals surface area contributed by atoms with Gasteiger partial charge in [-0.15, -0.1) is 0 Å². The summed E-state index contributed by atoms with van der Waals surface area (Å²) < 4.78 is 4.88. The molecule has 3 aromatic carbocycles. The Morgan fingerprint density at radius 3 is 1.86 bits per heavy atom. The molecule has 0 atom stereocenters. The number of phenols is 1. The van der Waals surface area contributed by atoms with Crippen LogP contribution in [0.3, 0.4) is 0 Å². The van der Waals surface area contributed by atoms with Crippen LogP contribution in [0.25, 0.3) is 0 Å². The minimum absolute atomic E-state index is 0.0256. The number of hydrogen-bond donors (Lipinski definition) is 1. The van der Waals surface area contributed by atoms with Gasteiger partial charge in [0.2, 0.25) is 0 Å². The van der Waals surface area contributed by atoms with Crippen molar-refractivity contribution in [2.45, 2.75) is 0 Å². The molecule has 28 heavy (non-hydrogen) atoms. The Morgan fingerprint density at radius 2 is 1.29 bits per heavy atom. The summed E-state index contributed by atoms with van der Waals surface area (Å²) in [6.45, 7) is -0.461. The Kier molecular flexibility index (Phi) is 5.81. The molecule has 0 aliphatic heterocycles. The highest BCUT2D eigenvalue weighted by molar-refractivity contribution is 6.09. The Morgan fingerprint density at radius 1 is 0.750 bits per heavy atom. The van der Waals surface area contributed by atoms with Crippen molar-refractivity contribution in [1.29, 1.82) is 0 Å². The lowest BCUT2D eigenvalue weighted by Gasteiger charge is -2.22. The fourth-order valence-corrected chi connectivity index (χ4v) is 2.55. The van der Waals surface area contributed by atoms with Crippen LogP contribution in [0, 0.1) is 0 Å². The summed E-state index contributed by atoms with van der Waals surface area (Å²) in [5.74, 6) is -2.07. The number of amides is 1. The molecule has 0 saturated carbocycles. The number of esters is 2. The maximum Gasteiger partial charge on any atom is 0.345 e. The van der Waals surface area contributed by atoms with E-state index >= 15 is 0 Å². The van der Waals surface area contributed by atoms with Crippen molar-refractivity contribution in [2.75, 3.05) is 11.4 Å². The number of anilines is 1. The molecule has 6 heteroatoms. The van der Waals surface area contributed by atoms with Crippen LogP contribution in [-0.2, 0) is 9.53 Å². The van der Waals surface area contributed by atoms with Gasteiger partial charge in [0.25, 0.3) is 5.91 Å². The molecule has 0 fully saturated rings. The molecule has 0 radical (unpaired) electrons. The van der Waals surface area contributed by atoms with E-state index in [1.165, 1.54) is 41.3 Å². The average molecular weight is 375 g/mol. The lowest BCUT2D eigenvalue weighted by Crippen LogP contribution is -2.37. The van der Waals surface area contributed by atoms with Gasteiger partial charge >= 0.3 is 11.9 Å². The Labute approximate surface area is 161 Å². The minimum Gasteiger partial charge on any atom is -0.508 e. The smallest absolute Gasteiger partial charge is 0.345 e. The molecule has 3 rings (SSSR count). The zero-order valence-electron chi connectivity index (χ0n) is 14.8. The highest BCUT2D eigenvalue weighted by Gasteiger charge is 2.23. The molecule has 0 aliphatic carbocycles. The summed E-state index contributed by atoms with van der Waals surface area (Å²) >= 11 is 0. The summed E-state index contributed by atoms with van der Waals surface area (Å²) in [7, 11) is 0. The first-order valence-electron chi connectivity index (χ1n) is 8.50. The topological polar surface area (TPSA) is 83.9 Å². The van der Waals surface area contributed by atoms with Gasteiger partial charge in [-0.25, -0.2) is 9.59 Å². The third-order valence-corrected chi connectivity index (χ3v) is 3.93. The first kappa shape index (κ1) is 18.8. The molecule has 0 bridgehead atoms. The van der Waals surface area contributed by atoms with E-state index in [1.54, 1.807) is 48.5 Å². The second-order valence-corrected chi connectivity index (χ2v) is 5.90. The SMILES string of the molecule is O=C(CN(C(=O)c1ccccc1)c1ccc(O)cc1)OC(=O)c1ccccc1. The van der Waals surface area contributed by atoms with Crippen molar-refractivity contribution >= 4 is 23.5 Å². The van der Waals surface area contributed by atoms with Crippen molar-refractivity contribution in [3.8, 4) is 5.75 Å². The number of hydrogen-bond acceptors (Lipinski definition) is 5. The maximum absolute atomic E-state index is 12.9. The number of carbonyl (C=O) groups excluding carboxylic acids is 3. The molecule has 0 heterocycles. The molecule has 0 unspecified atom stereocenters. The van der Waals surface area contributed by atoms with Gasteiger partial charge in [0.15, 0.2) is 0 Å². The summed E-state index contributed by atoms with van der Waals surface area (Å²) in [6, 6.07) is 22.4. The normalized spacial score (nSPS) is 10.1. The number of nitrogens with zero attached hydrogens (tertiary/aromatic N) is 1. The Balaban J connectivity index is 1.80. The van der Waals surface area contributed by atoms with Crippen molar-refractivity contribution in [2.24, 2.45) is 0 Å². The fraction of sp³-hybridized carbons (Fsp3) is 0.0455. The third-order valence-electron chi connectivity index (χ3n) is 3.93. The number of aromatic hydroxyl groups is 1. The molecule has 1 amide bonds. The average Bonchev–Trinajstić information content (AvgIpc) is 2.73. The highest BCUT2D eigenvalue weighted by Crippen LogP contribution is 2.21. The third kappa shape index (κ3) is 4.62. The van der Waals surface area contributed by atoms with Crippen molar-refractivity contribution in [1.82, 2.24) is 0 Å². The van der Waals surface area contributed by atoms with Gasteiger partial charge in [0.05, 0.1) is 5.56 Å². The molecular formula is C22H17NO5. The minimum atomic E-state index is -0.869. The summed E-state index contributed by atoms with van der Waals surface area (Å²) in [6.07, 6.45) is 0. The predicted molar refractivity (Wildman–Crippen MR) is 103 cm³/mol. The van der Waals surface area contributed by atoms with Crippen molar-refractivity contribution in [3.63, 3.8) is 0 Å². The molecule has 140 valence electrons. The van der Waals surface area contributed by atoms with Gasteiger partial charge in [-0.1, -0.05) is 36.4 Å². The van der Waals surface area contributed by atoms with Crippen LogP contribution in [-0.4, -0.2) is 29.5 Å². The monoisotopic (exact) mass is 375 g/mol. The van der Waals surface area contributed by atoms with Gasteiger partial charge in [-0.05, 0) is 48.5 Å². The van der Waals surface area contributed by atoms with Gasteiger partial charge in [-0.2, -0.15) is 0 Å². The molecule has 0 saturated heterocycles. The van der Waals surface area contributed by atoms with Crippen LogP contribution < -0.4 is 4.90 Å². The number of ether oxygens (including phenoxy) is 1. The van der Waals surface area contributed by atoms with E-state index in [4.69, 9.17) is 4.74 Å². The largest absolute Gasteiger partial charge is 0.508 e. The van der Waals surface area contributed by atoms with E-state index < -0.39 is 24.4 Å². The lowest BCUT2D eigenvalue weighted by molar-refractivity contribution is -0.136. The number of carbonyl (C=O) groups is 3. The maximum atomic E-state index is 12.9. The summed E-state index contributed by atoms with van der Waals surface area (Å²) in [5.41, 5.74) is 0.995. The second kappa shape index (κ2) is 8.64. The first-order chi connectivity index (χ1) is 13.5. The first-order valence-corrected chi connectivity index (χ1v) is 8.50. The van der Waals surface area contributed by atoms with Crippen LogP contribution in [0.2, 0.25) is 0 Å². The van der Waals surface area contributed by atoms with Crippen LogP contribution in [0.15, 0.2) is 84.9 Å².